The molecule has 0 saturated carbocycles. The first kappa shape index (κ1) is 24.7. The van der Waals surface area contributed by atoms with E-state index in [1.54, 1.807) is 12.1 Å². The highest BCUT2D eigenvalue weighted by atomic mass is 16.5. The second kappa shape index (κ2) is 10.7. The lowest BCUT2D eigenvalue weighted by atomic mass is 9.86. The topological polar surface area (TPSA) is 100 Å². The summed E-state index contributed by atoms with van der Waals surface area (Å²) in [5.41, 5.74) is 1.74. The van der Waals surface area contributed by atoms with Gasteiger partial charge in [-0.05, 0) is 23.1 Å². The summed E-state index contributed by atoms with van der Waals surface area (Å²) >= 11 is 0. The second-order valence-electron chi connectivity index (χ2n) is 8.01. The minimum absolute atomic E-state index is 0.0236. The Balaban J connectivity index is 1.91. The van der Waals surface area contributed by atoms with Crippen molar-refractivity contribution in [2.75, 3.05) is 34.5 Å². The molecule has 2 aromatic carbocycles. The van der Waals surface area contributed by atoms with Gasteiger partial charge in [-0.15, -0.1) is 0 Å². The second-order valence-corrected chi connectivity index (χ2v) is 8.01. The lowest BCUT2D eigenvalue weighted by molar-refractivity contribution is -0.141. The quantitative estimate of drug-likeness (QED) is 0.469. The molecule has 32 heavy (non-hydrogen) atoms. The first-order chi connectivity index (χ1) is 15.1. The Hall–Kier alpha value is -3.55. The lowest BCUT2D eigenvalue weighted by Gasteiger charge is -2.18. The standard InChI is InChI=1S/C24H29NO7/c1-24(2,3)17-9-7-15(8-10-17)18(26)14-32-21(27)13-25-23(28)16-11-19(29-4)22(31-6)20(12-16)30-5/h7-12H,13-14H2,1-6H3,(H,25,28). The van der Waals surface area contributed by atoms with Crippen molar-refractivity contribution in [3.63, 3.8) is 0 Å². The predicted molar refractivity (Wildman–Crippen MR) is 119 cm³/mol. The highest BCUT2D eigenvalue weighted by molar-refractivity contribution is 5.99. The van der Waals surface area contributed by atoms with E-state index >= 15 is 0 Å². The van der Waals surface area contributed by atoms with Crippen LogP contribution in [0.25, 0.3) is 0 Å². The molecular formula is C24H29NO7. The fraction of sp³-hybridized carbons (Fsp3) is 0.375. The molecule has 2 rings (SSSR count). The minimum Gasteiger partial charge on any atom is -0.493 e. The molecule has 1 N–H and O–H groups in total. The zero-order chi connectivity index (χ0) is 23.9. The van der Waals surface area contributed by atoms with Gasteiger partial charge < -0.3 is 24.3 Å². The predicted octanol–water partition coefficient (Wildman–Crippen LogP) is 3.17. The molecule has 172 valence electrons. The summed E-state index contributed by atoms with van der Waals surface area (Å²) in [5.74, 6) is -0.629. The average molecular weight is 443 g/mol. The molecule has 0 unspecified atom stereocenters. The van der Waals surface area contributed by atoms with Crippen molar-refractivity contribution in [1.29, 1.82) is 0 Å². The molecule has 0 heterocycles. The van der Waals surface area contributed by atoms with Crippen LogP contribution in [0.2, 0.25) is 0 Å². The monoisotopic (exact) mass is 443 g/mol. The molecular weight excluding hydrogens is 414 g/mol. The van der Waals surface area contributed by atoms with E-state index in [-0.39, 0.29) is 16.8 Å². The largest absolute Gasteiger partial charge is 0.493 e. The summed E-state index contributed by atoms with van der Waals surface area (Å²) in [6.07, 6.45) is 0. The number of ketones is 1. The van der Waals surface area contributed by atoms with E-state index in [4.69, 9.17) is 18.9 Å². The van der Waals surface area contributed by atoms with Crippen molar-refractivity contribution in [3.8, 4) is 17.2 Å². The SMILES string of the molecule is COc1cc(C(=O)NCC(=O)OCC(=O)c2ccc(C(C)(C)C)cc2)cc(OC)c1OC. The van der Waals surface area contributed by atoms with Crippen LogP contribution in [0.5, 0.6) is 17.2 Å². The van der Waals surface area contributed by atoms with Crippen molar-refractivity contribution in [2.24, 2.45) is 0 Å². The van der Waals surface area contributed by atoms with Gasteiger partial charge in [0.1, 0.15) is 6.54 Å². The normalized spacial score (nSPS) is 10.8. The van der Waals surface area contributed by atoms with E-state index in [0.717, 1.165) is 5.56 Å². The fourth-order valence-corrected chi connectivity index (χ4v) is 2.90. The van der Waals surface area contributed by atoms with Crippen molar-refractivity contribution in [3.05, 3.63) is 53.1 Å². The maximum atomic E-state index is 12.4. The van der Waals surface area contributed by atoms with Crippen LogP contribution in [0.4, 0.5) is 0 Å². The van der Waals surface area contributed by atoms with E-state index < -0.39 is 25.0 Å². The van der Waals surface area contributed by atoms with E-state index in [1.807, 2.05) is 12.1 Å². The summed E-state index contributed by atoms with van der Waals surface area (Å²) in [6.45, 7) is 5.44. The number of ether oxygens (including phenoxy) is 4. The highest BCUT2D eigenvalue weighted by Crippen LogP contribution is 2.38. The number of esters is 1. The maximum absolute atomic E-state index is 12.4. The van der Waals surface area contributed by atoms with Gasteiger partial charge >= 0.3 is 5.97 Å². The molecule has 0 fully saturated rings. The van der Waals surface area contributed by atoms with Crippen LogP contribution in [0.1, 0.15) is 47.1 Å². The van der Waals surface area contributed by atoms with Crippen molar-refractivity contribution >= 4 is 17.7 Å². The molecule has 2 aromatic rings. The van der Waals surface area contributed by atoms with Gasteiger partial charge in [-0.3, -0.25) is 14.4 Å². The number of nitrogens with one attached hydrogen (secondary N) is 1. The molecule has 0 atom stereocenters. The van der Waals surface area contributed by atoms with Crippen molar-refractivity contribution < 1.29 is 33.3 Å². The van der Waals surface area contributed by atoms with Crippen molar-refractivity contribution in [1.82, 2.24) is 5.32 Å². The number of rotatable bonds is 9. The summed E-state index contributed by atoms with van der Waals surface area (Å²) in [4.78, 5) is 36.7. The Kier molecular flexibility index (Phi) is 8.23. The molecule has 0 radical (unpaired) electrons. The van der Waals surface area contributed by atoms with Crippen LogP contribution < -0.4 is 19.5 Å². The van der Waals surface area contributed by atoms with Gasteiger partial charge in [0.25, 0.3) is 5.91 Å². The molecule has 0 aliphatic heterocycles. The number of carbonyl (C=O) groups excluding carboxylic acids is 3. The molecule has 0 aliphatic carbocycles. The molecule has 0 spiro atoms. The number of Topliss-reactive ketones (excluding diaryl/α,β-unsaturated/α-hetero) is 1. The van der Waals surface area contributed by atoms with E-state index in [1.165, 1.54) is 33.5 Å². The molecule has 8 nitrogen and oxygen atoms in total. The van der Waals surface area contributed by atoms with E-state index in [0.29, 0.717) is 22.8 Å². The smallest absolute Gasteiger partial charge is 0.325 e. The molecule has 0 aliphatic rings. The minimum atomic E-state index is -0.731. The third-order valence-corrected chi connectivity index (χ3v) is 4.76. The molecule has 0 saturated heterocycles. The van der Waals surface area contributed by atoms with Crippen LogP contribution >= 0.6 is 0 Å². The average Bonchev–Trinajstić information content (AvgIpc) is 2.79. The number of hydrogen-bond donors (Lipinski definition) is 1. The van der Waals surface area contributed by atoms with Gasteiger partial charge in [-0.1, -0.05) is 45.0 Å². The third kappa shape index (κ3) is 6.23. The van der Waals surface area contributed by atoms with Crippen LogP contribution in [0, 0.1) is 0 Å². The van der Waals surface area contributed by atoms with Gasteiger partial charge in [0, 0.05) is 11.1 Å². The van der Waals surface area contributed by atoms with Crippen LogP contribution in [0.3, 0.4) is 0 Å². The Bertz CT molecular complexity index is 950. The summed E-state index contributed by atoms with van der Waals surface area (Å²) in [6, 6.07) is 10.1. The number of amides is 1. The molecule has 0 bridgehead atoms. The van der Waals surface area contributed by atoms with E-state index in [2.05, 4.69) is 26.1 Å². The molecule has 8 heteroatoms. The first-order valence-electron chi connectivity index (χ1n) is 9.98. The summed E-state index contributed by atoms with van der Waals surface area (Å²) < 4.78 is 20.6. The zero-order valence-electron chi connectivity index (χ0n) is 19.2. The van der Waals surface area contributed by atoms with Gasteiger partial charge in [0.05, 0.1) is 21.3 Å². The molecule has 1 amide bonds. The van der Waals surface area contributed by atoms with Crippen LogP contribution in [0.15, 0.2) is 36.4 Å². The van der Waals surface area contributed by atoms with Crippen LogP contribution in [-0.4, -0.2) is 52.1 Å². The summed E-state index contributed by atoms with van der Waals surface area (Å²) in [7, 11) is 4.32. The molecule has 0 aromatic heterocycles. The van der Waals surface area contributed by atoms with Gasteiger partial charge in [-0.25, -0.2) is 0 Å². The van der Waals surface area contributed by atoms with Gasteiger partial charge in [-0.2, -0.15) is 0 Å². The Labute approximate surface area is 187 Å². The van der Waals surface area contributed by atoms with Crippen LogP contribution in [-0.2, 0) is 14.9 Å². The number of benzene rings is 2. The zero-order valence-corrected chi connectivity index (χ0v) is 19.2. The maximum Gasteiger partial charge on any atom is 0.325 e. The number of hydrogen-bond acceptors (Lipinski definition) is 7. The Morgan fingerprint density at radius 1 is 0.844 bits per heavy atom. The third-order valence-electron chi connectivity index (χ3n) is 4.76. The highest BCUT2D eigenvalue weighted by Gasteiger charge is 2.18. The lowest BCUT2D eigenvalue weighted by Crippen LogP contribution is -2.31. The van der Waals surface area contributed by atoms with Crippen molar-refractivity contribution in [2.45, 2.75) is 26.2 Å². The Morgan fingerprint density at radius 2 is 1.41 bits per heavy atom. The number of carbonyl (C=O) groups is 3. The Morgan fingerprint density at radius 3 is 1.88 bits per heavy atom. The fourth-order valence-electron chi connectivity index (χ4n) is 2.90. The first-order valence-corrected chi connectivity index (χ1v) is 9.98. The van der Waals surface area contributed by atoms with Gasteiger partial charge in [0.2, 0.25) is 5.75 Å². The number of methoxy groups -OCH3 is 3. The van der Waals surface area contributed by atoms with E-state index in [9.17, 15) is 14.4 Å². The summed E-state index contributed by atoms with van der Waals surface area (Å²) in [5, 5.41) is 2.45. The van der Waals surface area contributed by atoms with Gasteiger partial charge in [0.15, 0.2) is 23.9 Å².